The summed E-state index contributed by atoms with van der Waals surface area (Å²) in [5.41, 5.74) is 5.47. The lowest BCUT2D eigenvalue weighted by atomic mass is 10.5. The molecule has 5 nitrogen and oxygen atoms in total. The van der Waals surface area contributed by atoms with E-state index in [-0.39, 0.29) is 18.1 Å². The van der Waals surface area contributed by atoms with E-state index < -0.39 is 5.97 Å². The predicted octanol–water partition coefficient (Wildman–Crippen LogP) is 0.121. The van der Waals surface area contributed by atoms with Crippen LogP contribution in [-0.4, -0.2) is 31.7 Å². The zero-order valence-corrected chi connectivity index (χ0v) is 7.78. The molecule has 0 atom stereocenters. The molecular formula is C8H13N3O2. The minimum atomic E-state index is -0.567. The Hall–Kier alpha value is -1.65. The number of amidine groups is 1. The number of esters is 1. The van der Waals surface area contributed by atoms with Gasteiger partial charge in [-0.25, -0.2) is 9.79 Å². The molecule has 0 aromatic heterocycles. The summed E-state index contributed by atoms with van der Waals surface area (Å²) in [5, 5.41) is 0. The van der Waals surface area contributed by atoms with Crippen LogP contribution in [-0.2, 0) is 9.53 Å². The molecule has 0 aromatic carbocycles. The van der Waals surface area contributed by atoms with Crippen LogP contribution in [0.2, 0.25) is 0 Å². The van der Waals surface area contributed by atoms with Gasteiger partial charge in [0.05, 0.1) is 12.8 Å². The molecule has 0 aliphatic heterocycles. The van der Waals surface area contributed by atoms with Gasteiger partial charge in [-0.1, -0.05) is 6.58 Å². The number of ether oxygens (including phenoxy) is 1. The lowest BCUT2D eigenvalue weighted by Gasteiger charge is -1.98. The van der Waals surface area contributed by atoms with Crippen molar-refractivity contribution in [2.45, 2.75) is 6.92 Å². The van der Waals surface area contributed by atoms with Crippen LogP contribution in [0.4, 0.5) is 0 Å². The zero-order chi connectivity index (χ0) is 10.3. The van der Waals surface area contributed by atoms with E-state index in [0.29, 0.717) is 0 Å². The van der Waals surface area contributed by atoms with Crippen molar-refractivity contribution in [3.05, 3.63) is 12.3 Å². The van der Waals surface area contributed by atoms with Crippen LogP contribution in [0.15, 0.2) is 22.3 Å². The van der Waals surface area contributed by atoms with Gasteiger partial charge < -0.3 is 10.5 Å². The number of hydrogen-bond donors (Lipinski definition) is 1. The number of nitrogens with two attached hydrogens (primary N) is 1. The van der Waals surface area contributed by atoms with Gasteiger partial charge in [0.1, 0.15) is 0 Å². The molecule has 0 aromatic rings. The van der Waals surface area contributed by atoms with E-state index in [1.807, 2.05) is 0 Å². The largest absolute Gasteiger partial charge is 0.460 e. The Morgan fingerprint density at radius 1 is 1.69 bits per heavy atom. The van der Waals surface area contributed by atoms with Crippen LogP contribution in [0.25, 0.3) is 0 Å². The zero-order valence-electron chi connectivity index (χ0n) is 7.78. The van der Waals surface area contributed by atoms with Gasteiger partial charge in [-0.3, -0.25) is 4.99 Å². The average molecular weight is 183 g/mol. The van der Waals surface area contributed by atoms with Crippen LogP contribution in [0.1, 0.15) is 6.92 Å². The molecule has 72 valence electrons. The first-order valence-corrected chi connectivity index (χ1v) is 3.74. The number of carbonyl (C=O) groups excluding carboxylic acids is 1. The Bertz CT molecular complexity index is 256. The fourth-order valence-electron chi connectivity index (χ4n) is 0.541. The summed E-state index contributed by atoms with van der Waals surface area (Å²) in [6, 6.07) is 0. The minimum Gasteiger partial charge on any atom is -0.460 e. The first kappa shape index (κ1) is 11.4. The molecule has 0 rings (SSSR count). The van der Waals surface area contributed by atoms with Crippen molar-refractivity contribution >= 4 is 18.0 Å². The van der Waals surface area contributed by atoms with E-state index in [2.05, 4.69) is 21.3 Å². The highest BCUT2D eigenvalue weighted by Crippen LogP contribution is 1.87. The number of rotatable bonds is 2. The molecule has 0 unspecified atom stereocenters. The van der Waals surface area contributed by atoms with E-state index >= 15 is 0 Å². The lowest BCUT2D eigenvalue weighted by molar-refractivity contribution is -0.135. The highest BCUT2D eigenvalue weighted by atomic mass is 16.5. The normalized spacial score (nSPS) is 11.7. The van der Waals surface area contributed by atoms with Gasteiger partial charge in [0.25, 0.3) is 0 Å². The van der Waals surface area contributed by atoms with E-state index in [1.54, 1.807) is 6.92 Å². The van der Waals surface area contributed by atoms with Crippen molar-refractivity contribution in [1.29, 1.82) is 0 Å². The predicted molar refractivity (Wildman–Crippen MR) is 51.8 cm³/mol. The number of allylic oxidation sites excluding steroid dienone is 1. The van der Waals surface area contributed by atoms with Crippen molar-refractivity contribution in [1.82, 2.24) is 0 Å². The lowest BCUT2D eigenvalue weighted by Crippen LogP contribution is -2.16. The van der Waals surface area contributed by atoms with E-state index in [9.17, 15) is 4.79 Å². The third-order valence-electron chi connectivity index (χ3n) is 1.02. The summed E-state index contributed by atoms with van der Waals surface area (Å²) in [7, 11) is 1.45. The Kier molecular flexibility index (Phi) is 5.18. The molecular weight excluding hydrogens is 170 g/mol. The first-order valence-electron chi connectivity index (χ1n) is 3.74. The van der Waals surface area contributed by atoms with Gasteiger partial charge >= 0.3 is 5.97 Å². The monoisotopic (exact) mass is 183 g/mol. The Labute approximate surface area is 77.0 Å². The highest BCUT2D eigenvalue weighted by Gasteiger charge is 2.08. The van der Waals surface area contributed by atoms with Crippen molar-refractivity contribution in [3.8, 4) is 0 Å². The molecule has 0 aliphatic carbocycles. The van der Waals surface area contributed by atoms with Crippen LogP contribution >= 0.6 is 0 Å². The van der Waals surface area contributed by atoms with E-state index in [1.165, 1.54) is 13.3 Å². The molecule has 2 N–H and O–H groups in total. The van der Waals surface area contributed by atoms with Crippen LogP contribution in [0.5, 0.6) is 0 Å². The van der Waals surface area contributed by atoms with Crippen molar-refractivity contribution < 1.29 is 9.53 Å². The smallest absolute Gasteiger partial charge is 0.375 e. The van der Waals surface area contributed by atoms with Crippen LogP contribution in [0, 0.1) is 0 Å². The fourth-order valence-corrected chi connectivity index (χ4v) is 0.541. The quantitative estimate of drug-likeness (QED) is 0.375. The van der Waals surface area contributed by atoms with Gasteiger partial charge in [0, 0.05) is 12.7 Å². The van der Waals surface area contributed by atoms with Gasteiger partial charge in [-0.05, 0) is 6.92 Å². The average Bonchev–Trinajstić information content (AvgIpc) is 2.05. The first-order chi connectivity index (χ1) is 6.11. The second kappa shape index (κ2) is 5.93. The van der Waals surface area contributed by atoms with Gasteiger partial charge in [-0.15, -0.1) is 0 Å². The van der Waals surface area contributed by atoms with Crippen molar-refractivity contribution in [2.24, 2.45) is 15.7 Å². The number of aliphatic imine (C=N–C) groups is 2. The number of carbonyl (C=O) groups is 1. The third-order valence-corrected chi connectivity index (χ3v) is 1.02. The number of nitrogens with zero attached hydrogens (tertiary/aromatic N) is 2. The van der Waals surface area contributed by atoms with Gasteiger partial charge in [-0.2, -0.15) is 0 Å². The van der Waals surface area contributed by atoms with Crippen molar-refractivity contribution in [3.63, 3.8) is 0 Å². The molecule has 0 aliphatic rings. The molecule has 0 radical (unpaired) electrons. The Balaban J connectivity index is 4.37. The summed E-state index contributed by atoms with van der Waals surface area (Å²) in [4.78, 5) is 18.4. The number of hydrogen-bond acceptors (Lipinski definition) is 4. The molecule has 5 heteroatoms. The second-order valence-corrected chi connectivity index (χ2v) is 2.10. The summed E-state index contributed by atoms with van der Waals surface area (Å²) < 4.78 is 4.67. The topological polar surface area (TPSA) is 77.0 Å². The maximum atomic E-state index is 11.0. The van der Waals surface area contributed by atoms with Crippen molar-refractivity contribution in [2.75, 3.05) is 13.7 Å². The maximum absolute atomic E-state index is 11.0. The second-order valence-electron chi connectivity index (χ2n) is 2.10. The maximum Gasteiger partial charge on any atom is 0.375 e. The molecule has 0 spiro atoms. The molecule has 13 heavy (non-hydrogen) atoms. The molecule has 0 saturated heterocycles. The summed E-state index contributed by atoms with van der Waals surface area (Å²) >= 11 is 0. The minimum absolute atomic E-state index is 0.0200. The van der Waals surface area contributed by atoms with Gasteiger partial charge in [0.2, 0.25) is 5.84 Å². The SMILES string of the molecule is C=C(N)/C=N\C(=N/C)C(=O)OCC. The Morgan fingerprint density at radius 2 is 2.31 bits per heavy atom. The molecule has 0 bridgehead atoms. The Morgan fingerprint density at radius 3 is 2.69 bits per heavy atom. The van der Waals surface area contributed by atoms with Crippen LogP contribution < -0.4 is 5.73 Å². The van der Waals surface area contributed by atoms with Crippen LogP contribution in [0.3, 0.4) is 0 Å². The molecule has 0 fully saturated rings. The van der Waals surface area contributed by atoms with Gasteiger partial charge in [0.15, 0.2) is 0 Å². The highest BCUT2D eigenvalue weighted by molar-refractivity contribution is 6.37. The third kappa shape index (κ3) is 4.73. The summed E-state index contributed by atoms with van der Waals surface area (Å²) in [6.45, 7) is 5.38. The fraction of sp³-hybridized carbons (Fsp3) is 0.375. The standard InChI is InChI=1S/C8H13N3O2/c1-4-13-8(12)7(10-3)11-5-6(2)9/h5H,2,4,9H2,1,3H3/b10-7-,11-5-. The molecule has 0 amide bonds. The van der Waals surface area contributed by atoms with E-state index in [4.69, 9.17) is 5.73 Å². The molecule has 0 heterocycles. The molecule has 0 saturated carbocycles. The summed E-state index contributed by atoms with van der Waals surface area (Å²) in [6.07, 6.45) is 1.25. The van der Waals surface area contributed by atoms with E-state index in [0.717, 1.165) is 0 Å². The summed E-state index contributed by atoms with van der Waals surface area (Å²) in [5.74, 6) is -0.587.